The number of H-pyrrole nitrogens is 1. The predicted molar refractivity (Wildman–Crippen MR) is 57.4 cm³/mol. The number of halogens is 3. The van der Waals surface area contributed by atoms with Gasteiger partial charge in [-0.2, -0.15) is 13.2 Å². The van der Waals surface area contributed by atoms with Crippen LogP contribution in [0.4, 0.5) is 19.1 Å². The molecule has 3 nitrogen and oxygen atoms in total. The lowest BCUT2D eigenvalue weighted by atomic mass is 10.1. The summed E-state index contributed by atoms with van der Waals surface area (Å²) in [5.74, 6) is 0.588. The Morgan fingerprint density at radius 2 is 1.88 bits per heavy atom. The molecule has 0 aliphatic carbocycles. The molecule has 0 amide bonds. The van der Waals surface area contributed by atoms with Crippen LogP contribution in [0.3, 0.4) is 0 Å². The lowest BCUT2D eigenvalue weighted by molar-refractivity contribution is -0.137. The van der Waals surface area contributed by atoms with Gasteiger partial charge in [-0.15, -0.1) is 0 Å². The molecular formula is C11H10F3N3. The molecule has 2 aromatic rings. The fraction of sp³-hybridized carbons (Fsp3) is 0.182. The van der Waals surface area contributed by atoms with Crippen LogP contribution in [0.1, 0.15) is 11.1 Å². The second-order valence-corrected chi connectivity index (χ2v) is 3.49. The molecule has 6 heteroatoms. The summed E-state index contributed by atoms with van der Waals surface area (Å²) in [7, 11) is 0. The van der Waals surface area contributed by atoms with Crippen molar-refractivity contribution in [1.82, 2.24) is 9.97 Å². The Bertz CT molecular complexity index is 460. The predicted octanol–water partition coefficient (Wildman–Crippen LogP) is 3.04. The van der Waals surface area contributed by atoms with Crippen molar-refractivity contribution in [3.8, 4) is 0 Å². The van der Waals surface area contributed by atoms with E-state index in [1.54, 1.807) is 12.4 Å². The molecule has 2 N–H and O–H groups in total. The van der Waals surface area contributed by atoms with E-state index in [0.29, 0.717) is 12.5 Å². The van der Waals surface area contributed by atoms with Gasteiger partial charge in [-0.1, -0.05) is 12.1 Å². The summed E-state index contributed by atoms with van der Waals surface area (Å²) in [5, 5.41) is 2.95. The summed E-state index contributed by atoms with van der Waals surface area (Å²) >= 11 is 0. The SMILES string of the molecule is FC(F)(F)c1ccc(CNc2ncc[nH]2)cc1. The number of rotatable bonds is 3. The van der Waals surface area contributed by atoms with Gasteiger partial charge in [-0.05, 0) is 17.7 Å². The van der Waals surface area contributed by atoms with E-state index in [1.165, 1.54) is 12.1 Å². The Morgan fingerprint density at radius 3 is 2.41 bits per heavy atom. The quantitative estimate of drug-likeness (QED) is 0.867. The highest BCUT2D eigenvalue weighted by molar-refractivity contribution is 5.29. The highest BCUT2D eigenvalue weighted by Crippen LogP contribution is 2.29. The molecule has 1 aromatic carbocycles. The molecule has 0 fully saturated rings. The first-order chi connectivity index (χ1) is 8.05. The number of aromatic amines is 1. The summed E-state index contributed by atoms with van der Waals surface area (Å²) < 4.78 is 36.9. The van der Waals surface area contributed by atoms with Crippen LogP contribution >= 0.6 is 0 Å². The molecule has 90 valence electrons. The number of anilines is 1. The van der Waals surface area contributed by atoms with E-state index >= 15 is 0 Å². The number of hydrogen-bond acceptors (Lipinski definition) is 2. The Morgan fingerprint density at radius 1 is 1.18 bits per heavy atom. The number of nitrogens with zero attached hydrogens (tertiary/aromatic N) is 1. The van der Waals surface area contributed by atoms with Crippen molar-refractivity contribution in [3.63, 3.8) is 0 Å². The van der Waals surface area contributed by atoms with Crippen LogP contribution in [-0.4, -0.2) is 9.97 Å². The Labute approximate surface area is 95.7 Å². The van der Waals surface area contributed by atoms with Crippen molar-refractivity contribution < 1.29 is 13.2 Å². The van der Waals surface area contributed by atoms with Gasteiger partial charge in [-0.3, -0.25) is 0 Å². The van der Waals surface area contributed by atoms with Gasteiger partial charge in [0.15, 0.2) is 5.95 Å². The van der Waals surface area contributed by atoms with Crippen LogP contribution in [0.15, 0.2) is 36.7 Å². The zero-order valence-electron chi connectivity index (χ0n) is 8.75. The average molecular weight is 241 g/mol. The number of aromatic nitrogens is 2. The van der Waals surface area contributed by atoms with Gasteiger partial charge >= 0.3 is 6.18 Å². The lowest BCUT2D eigenvalue weighted by Crippen LogP contribution is -2.06. The van der Waals surface area contributed by atoms with Gasteiger partial charge in [0.25, 0.3) is 0 Å². The highest BCUT2D eigenvalue weighted by Gasteiger charge is 2.29. The standard InChI is InChI=1S/C11H10F3N3/c12-11(13,14)9-3-1-8(2-4-9)7-17-10-15-5-6-16-10/h1-6H,7H2,(H2,15,16,17). The van der Waals surface area contributed by atoms with Crippen LogP contribution in [0.25, 0.3) is 0 Å². The molecule has 1 heterocycles. The zero-order valence-corrected chi connectivity index (χ0v) is 8.75. The Balaban J connectivity index is 1.99. The first kappa shape index (κ1) is 11.5. The van der Waals surface area contributed by atoms with E-state index in [1.807, 2.05) is 0 Å². The van der Waals surface area contributed by atoms with E-state index in [0.717, 1.165) is 17.7 Å². The molecule has 0 saturated heterocycles. The molecule has 0 atom stereocenters. The molecule has 0 unspecified atom stereocenters. The summed E-state index contributed by atoms with van der Waals surface area (Å²) in [6, 6.07) is 5.02. The number of imidazole rings is 1. The van der Waals surface area contributed by atoms with Gasteiger partial charge in [0.05, 0.1) is 5.56 Å². The minimum absolute atomic E-state index is 0.422. The summed E-state index contributed by atoms with van der Waals surface area (Å²) in [6.45, 7) is 0.422. The van der Waals surface area contributed by atoms with Gasteiger partial charge in [0, 0.05) is 18.9 Å². The van der Waals surface area contributed by atoms with Crippen molar-refractivity contribution in [3.05, 3.63) is 47.8 Å². The lowest BCUT2D eigenvalue weighted by Gasteiger charge is -2.08. The van der Waals surface area contributed by atoms with E-state index in [4.69, 9.17) is 0 Å². The third-order valence-corrected chi connectivity index (χ3v) is 2.24. The minimum atomic E-state index is -4.28. The third-order valence-electron chi connectivity index (χ3n) is 2.24. The third kappa shape index (κ3) is 2.99. The smallest absolute Gasteiger partial charge is 0.352 e. The molecule has 0 bridgehead atoms. The monoisotopic (exact) mass is 241 g/mol. The van der Waals surface area contributed by atoms with Crippen molar-refractivity contribution in [2.45, 2.75) is 12.7 Å². The van der Waals surface area contributed by atoms with E-state index < -0.39 is 11.7 Å². The molecule has 0 radical (unpaired) electrons. The van der Waals surface area contributed by atoms with Crippen molar-refractivity contribution in [1.29, 1.82) is 0 Å². The fourth-order valence-corrected chi connectivity index (χ4v) is 1.36. The first-order valence-corrected chi connectivity index (χ1v) is 4.95. The molecular weight excluding hydrogens is 231 g/mol. The van der Waals surface area contributed by atoms with Crippen LogP contribution in [-0.2, 0) is 12.7 Å². The van der Waals surface area contributed by atoms with Crippen molar-refractivity contribution in [2.75, 3.05) is 5.32 Å². The van der Waals surface area contributed by atoms with Gasteiger partial charge in [-0.25, -0.2) is 4.98 Å². The number of nitrogens with one attached hydrogen (secondary N) is 2. The molecule has 0 aliphatic rings. The maximum absolute atomic E-state index is 12.3. The van der Waals surface area contributed by atoms with Crippen LogP contribution < -0.4 is 5.32 Å². The topological polar surface area (TPSA) is 40.7 Å². The second-order valence-electron chi connectivity index (χ2n) is 3.49. The molecule has 0 saturated carbocycles. The maximum Gasteiger partial charge on any atom is 0.416 e. The van der Waals surface area contributed by atoms with Crippen LogP contribution in [0.5, 0.6) is 0 Å². The van der Waals surface area contributed by atoms with Gasteiger partial charge < -0.3 is 10.3 Å². The fourth-order valence-electron chi connectivity index (χ4n) is 1.36. The summed E-state index contributed by atoms with van der Waals surface area (Å²) in [4.78, 5) is 6.78. The van der Waals surface area contributed by atoms with Crippen molar-refractivity contribution >= 4 is 5.95 Å². The zero-order chi connectivity index (χ0) is 12.3. The van der Waals surface area contributed by atoms with Gasteiger partial charge in [0.1, 0.15) is 0 Å². The second kappa shape index (κ2) is 4.48. The molecule has 2 rings (SSSR count). The molecule has 0 spiro atoms. The van der Waals surface area contributed by atoms with Crippen LogP contribution in [0, 0.1) is 0 Å². The van der Waals surface area contributed by atoms with E-state index in [9.17, 15) is 13.2 Å². The first-order valence-electron chi connectivity index (χ1n) is 4.95. The Kier molecular flexibility index (Phi) is 3.03. The molecule has 0 aliphatic heterocycles. The highest BCUT2D eigenvalue weighted by atomic mass is 19.4. The summed E-state index contributed by atoms with van der Waals surface area (Å²) in [5.41, 5.74) is 0.119. The number of benzene rings is 1. The average Bonchev–Trinajstić information content (AvgIpc) is 2.78. The van der Waals surface area contributed by atoms with E-state index in [-0.39, 0.29) is 0 Å². The number of hydrogen-bond donors (Lipinski definition) is 2. The van der Waals surface area contributed by atoms with Crippen LogP contribution in [0.2, 0.25) is 0 Å². The van der Waals surface area contributed by atoms with Gasteiger partial charge in [0.2, 0.25) is 0 Å². The minimum Gasteiger partial charge on any atom is -0.352 e. The Hall–Kier alpha value is -1.98. The maximum atomic E-state index is 12.3. The normalized spacial score (nSPS) is 11.5. The number of alkyl halides is 3. The summed E-state index contributed by atoms with van der Waals surface area (Å²) in [6.07, 6.45) is -1.03. The van der Waals surface area contributed by atoms with Crippen molar-refractivity contribution in [2.24, 2.45) is 0 Å². The molecule has 1 aromatic heterocycles. The molecule has 17 heavy (non-hydrogen) atoms. The largest absolute Gasteiger partial charge is 0.416 e. The van der Waals surface area contributed by atoms with E-state index in [2.05, 4.69) is 15.3 Å².